The van der Waals surface area contributed by atoms with E-state index in [1.807, 2.05) is 0 Å². The fourth-order valence-corrected chi connectivity index (χ4v) is 3.10. The number of halogens is 2. The summed E-state index contributed by atoms with van der Waals surface area (Å²) >= 11 is 11.5. The van der Waals surface area contributed by atoms with E-state index in [1.165, 1.54) is 32.0 Å². The summed E-state index contributed by atoms with van der Waals surface area (Å²) in [6.45, 7) is 4.31. The van der Waals surface area contributed by atoms with Crippen LogP contribution < -0.4 is 0 Å². The van der Waals surface area contributed by atoms with Crippen LogP contribution in [0.25, 0.3) is 0 Å². The van der Waals surface area contributed by atoms with Crippen molar-refractivity contribution in [3.63, 3.8) is 0 Å². The molecule has 0 atom stereocenters. The van der Waals surface area contributed by atoms with E-state index in [-0.39, 0.29) is 21.5 Å². The van der Waals surface area contributed by atoms with Crippen LogP contribution in [0.1, 0.15) is 20.8 Å². The van der Waals surface area contributed by atoms with Gasteiger partial charge in [-0.05, 0) is 39.0 Å². The Balaban J connectivity index is 3.30. The van der Waals surface area contributed by atoms with Gasteiger partial charge in [-0.15, -0.1) is 0 Å². The molecule has 1 rings (SSSR count). The van der Waals surface area contributed by atoms with Gasteiger partial charge in [0.1, 0.15) is 0 Å². The number of carbonyl (C=O) groups is 1. The predicted octanol–water partition coefficient (Wildman–Crippen LogP) is 3.11. The van der Waals surface area contributed by atoms with Crippen LogP contribution in [0.5, 0.6) is 0 Å². The summed E-state index contributed by atoms with van der Waals surface area (Å²) < 4.78 is 28.0. The van der Waals surface area contributed by atoms with Gasteiger partial charge in [0.05, 0.1) is 21.5 Å². The van der Waals surface area contributed by atoms with Gasteiger partial charge in [0.15, 0.2) is 14.6 Å². The van der Waals surface area contributed by atoms with Gasteiger partial charge in [0.25, 0.3) is 0 Å². The summed E-state index contributed by atoms with van der Waals surface area (Å²) in [4.78, 5) is 11.7. The highest BCUT2D eigenvalue weighted by Gasteiger charge is 2.44. The SMILES string of the molecule is CCOC(=O)C(C)(C)S(=O)(=O)c1ccc(Cl)c(Cl)c1. The molecular weight excluding hydrogens is 311 g/mol. The lowest BCUT2D eigenvalue weighted by Gasteiger charge is -2.22. The number of carbonyl (C=O) groups excluding carboxylic acids is 1. The second-order valence-electron chi connectivity index (χ2n) is 4.31. The Bertz CT molecular complexity index is 594. The van der Waals surface area contributed by atoms with Crippen molar-refractivity contribution < 1.29 is 17.9 Å². The maximum absolute atomic E-state index is 12.4. The maximum atomic E-state index is 12.4. The molecule has 7 heteroatoms. The lowest BCUT2D eigenvalue weighted by atomic mass is 10.2. The average Bonchev–Trinajstić information content (AvgIpc) is 2.32. The Morgan fingerprint density at radius 2 is 1.84 bits per heavy atom. The molecule has 0 saturated carbocycles. The molecule has 0 bridgehead atoms. The quantitative estimate of drug-likeness (QED) is 0.798. The van der Waals surface area contributed by atoms with Crippen molar-refractivity contribution in [1.82, 2.24) is 0 Å². The molecule has 0 aliphatic heterocycles. The average molecular weight is 325 g/mol. The summed E-state index contributed by atoms with van der Waals surface area (Å²) in [5, 5.41) is 0.358. The highest BCUT2D eigenvalue weighted by Crippen LogP contribution is 2.31. The van der Waals surface area contributed by atoms with Crippen molar-refractivity contribution in [2.45, 2.75) is 30.4 Å². The highest BCUT2D eigenvalue weighted by molar-refractivity contribution is 7.93. The molecule has 19 heavy (non-hydrogen) atoms. The Hall–Kier alpha value is -0.780. The molecule has 0 fully saturated rings. The summed E-state index contributed by atoms with van der Waals surface area (Å²) in [7, 11) is -3.92. The van der Waals surface area contributed by atoms with Crippen LogP contribution in [0.2, 0.25) is 10.0 Å². The molecule has 106 valence electrons. The van der Waals surface area contributed by atoms with E-state index in [4.69, 9.17) is 27.9 Å². The number of ether oxygens (including phenoxy) is 1. The molecule has 0 aliphatic carbocycles. The first-order chi connectivity index (χ1) is 8.64. The molecule has 0 radical (unpaired) electrons. The molecule has 0 unspecified atom stereocenters. The first-order valence-corrected chi connectivity index (χ1v) is 7.75. The molecular formula is C12H14Cl2O4S. The number of hydrogen-bond donors (Lipinski definition) is 0. The summed E-state index contributed by atoms with van der Waals surface area (Å²) in [5.41, 5.74) is 0. The van der Waals surface area contributed by atoms with Crippen LogP contribution in [0, 0.1) is 0 Å². The Kier molecular flexibility index (Phi) is 4.87. The number of rotatable bonds is 4. The molecule has 0 heterocycles. The second kappa shape index (κ2) is 5.69. The first-order valence-electron chi connectivity index (χ1n) is 5.51. The fourth-order valence-electron chi connectivity index (χ4n) is 1.35. The molecule has 1 aromatic rings. The van der Waals surface area contributed by atoms with Crippen LogP contribution in [-0.4, -0.2) is 25.7 Å². The zero-order valence-corrected chi connectivity index (χ0v) is 13.1. The van der Waals surface area contributed by atoms with E-state index in [2.05, 4.69) is 0 Å². The summed E-state index contributed by atoms with van der Waals surface area (Å²) in [6.07, 6.45) is 0. The molecule has 0 amide bonds. The van der Waals surface area contributed by atoms with Gasteiger partial charge in [-0.1, -0.05) is 23.2 Å². The number of esters is 1. The van der Waals surface area contributed by atoms with E-state index in [1.54, 1.807) is 6.92 Å². The van der Waals surface area contributed by atoms with Gasteiger partial charge in [-0.3, -0.25) is 4.79 Å². The normalized spacial score (nSPS) is 12.3. The van der Waals surface area contributed by atoms with E-state index in [0.717, 1.165) is 0 Å². The van der Waals surface area contributed by atoms with Crippen LogP contribution in [0.3, 0.4) is 0 Å². The molecule has 0 saturated heterocycles. The topological polar surface area (TPSA) is 60.4 Å². The van der Waals surface area contributed by atoms with Crippen molar-refractivity contribution in [2.24, 2.45) is 0 Å². The summed E-state index contributed by atoms with van der Waals surface area (Å²) in [6, 6.07) is 3.91. The van der Waals surface area contributed by atoms with Crippen molar-refractivity contribution in [1.29, 1.82) is 0 Å². The smallest absolute Gasteiger partial charge is 0.327 e. The van der Waals surface area contributed by atoms with E-state index < -0.39 is 20.6 Å². The third kappa shape index (κ3) is 3.04. The van der Waals surface area contributed by atoms with Crippen LogP contribution in [0.15, 0.2) is 23.1 Å². The van der Waals surface area contributed by atoms with Gasteiger partial charge in [-0.25, -0.2) is 8.42 Å². The monoisotopic (exact) mass is 324 g/mol. The Morgan fingerprint density at radius 3 is 2.32 bits per heavy atom. The lowest BCUT2D eigenvalue weighted by molar-refractivity contribution is -0.145. The lowest BCUT2D eigenvalue weighted by Crippen LogP contribution is -2.42. The minimum Gasteiger partial charge on any atom is -0.465 e. The minimum absolute atomic E-state index is 0.0695. The third-order valence-corrected chi connectivity index (χ3v) is 5.76. The van der Waals surface area contributed by atoms with Gasteiger partial charge in [-0.2, -0.15) is 0 Å². The standard InChI is InChI=1S/C12H14Cl2O4S/c1-4-18-11(15)12(2,3)19(16,17)8-5-6-9(13)10(14)7-8/h5-7H,4H2,1-3H3. The fraction of sp³-hybridized carbons (Fsp3) is 0.417. The van der Waals surface area contributed by atoms with Crippen molar-refractivity contribution >= 4 is 39.0 Å². The molecule has 0 N–H and O–H groups in total. The zero-order chi connectivity index (χ0) is 14.8. The van der Waals surface area contributed by atoms with E-state index >= 15 is 0 Å². The van der Waals surface area contributed by atoms with Crippen molar-refractivity contribution in [3.05, 3.63) is 28.2 Å². The van der Waals surface area contributed by atoms with Crippen LogP contribution in [0.4, 0.5) is 0 Å². The molecule has 4 nitrogen and oxygen atoms in total. The van der Waals surface area contributed by atoms with E-state index in [9.17, 15) is 13.2 Å². The van der Waals surface area contributed by atoms with Gasteiger partial charge < -0.3 is 4.74 Å². The van der Waals surface area contributed by atoms with Gasteiger partial charge in [0, 0.05) is 0 Å². The molecule has 1 aromatic carbocycles. The predicted molar refractivity (Wildman–Crippen MR) is 74.4 cm³/mol. The minimum atomic E-state index is -3.92. The van der Waals surface area contributed by atoms with Crippen LogP contribution >= 0.6 is 23.2 Å². The number of benzene rings is 1. The summed E-state index contributed by atoms with van der Waals surface area (Å²) in [5.74, 6) is -0.805. The Labute approximate surface area is 122 Å². The second-order valence-corrected chi connectivity index (χ2v) is 7.62. The first kappa shape index (κ1) is 16.3. The maximum Gasteiger partial charge on any atom is 0.327 e. The van der Waals surface area contributed by atoms with E-state index in [0.29, 0.717) is 0 Å². The number of sulfone groups is 1. The zero-order valence-electron chi connectivity index (χ0n) is 10.7. The number of hydrogen-bond acceptors (Lipinski definition) is 4. The molecule has 0 aromatic heterocycles. The Morgan fingerprint density at radius 1 is 1.26 bits per heavy atom. The van der Waals surface area contributed by atoms with Crippen molar-refractivity contribution in [3.8, 4) is 0 Å². The molecule has 0 spiro atoms. The van der Waals surface area contributed by atoms with Crippen molar-refractivity contribution in [2.75, 3.05) is 6.61 Å². The van der Waals surface area contributed by atoms with Gasteiger partial charge in [0.2, 0.25) is 0 Å². The van der Waals surface area contributed by atoms with Crippen LogP contribution in [-0.2, 0) is 19.4 Å². The third-order valence-electron chi connectivity index (χ3n) is 2.64. The van der Waals surface area contributed by atoms with Gasteiger partial charge >= 0.3 is 5.97 Å². The largest absolute Gasteiger partial charge is 0.465 e. The molecule has 0 aliphatic rings. The highest BCUT2D eigenvalue weighted by atomic mass is 35.5.